The van der Waals surface area contributed by atoms with Crippen molar-refractivity contribution in [2.75, 3.05) is 5.32 Å². The van der Waals surface area contributed by atoms with Crippen molar-refractivity contribution in [2.24, 2.45) is 0 Å². The highest BCUT2D eigenvalue weighted by Crippen LogP contribution is 2.09. The molecule has 0 amide bonds. The molecule has 0 atom stereocenters. The van der Waals surface area contributed by atoms with Crippen LogP contribution in [0.25, 0.3) is 0 Å². The topological polar surface area (TPSA) is 50.7 Å². The number of hydrogen-bond donors (Lipinski definition) is 1. The van der Waals surface area contributed by atoms with Crippen LogP contribution in [0.3, 0.4) is 0 Å². The van der Waals surface area contributed by atoms with Crippen molar-refractivity contribution in [3.63, 3.8) is 0 Å². The molecule has 1 N–H and O–H groups in total. The number of rotatable bonds is 1. The van der Waals surface area contributed by atoms with Crippen molar-refractivity contribution in [3.8, 4) is 0 Å². The second-order valence-corrected chi connectivity index (χ2v) is 4.13. The molecule has 0 aliphatic heterocycles. The molecular formula is C9H16N4. The molecule has 1 aromatic heterocycles. The number of hydrogen-bond acceptors (Lipinski definition) is 4. The van der Waals surface area contributed by atoms with Gasteiger partial charge in [-0.3, -0.25) is 0 Å². The molecule has 0 aliphatic rings. The average molecular weight is 180 g/mol. The summed E-state index contributed by atoms with van der Waals surface area (Å²) >= 11 is 0. The molecule has 0 aliphatic carbocycles. The van der Waals surface area contributed by atoms with E-state index in [9.17, 15) is 0 Å². The zero-order chi connectivity index (χ0) is 10.1. The Morgan fingerprint density at radius 3 is 1.77 bits per heavy atom. The van der Waals surface area contributed by atoms with Crippen LogP contribution < -0.4 is 5.32 Å². The third-order valence-electron chi connectivity index (χ3n) is 1.35. The van der Waals surface area contributed by atoms with Gasteiger partial charge in [-0.15, -0.1) is 0 Å². The fourth-order valence-electron chi connectivity index (χ4n) is 1.01. The van der Waals surface area contributed by atoms with E-state index in [1.54, 1.807) is 0 Å². The van der Waals surface area contributed by atoms with E-state index in [4.69, 9.17) is 0 Å². The molecule has 0 bridgehead atoms. The lowest BCUT2D eigenvalue weighted by atomic mass is 10.1. The van der Waals surface area contributed by atoms with E-state index in [1.165, 1.54) is 0 Å². The van der Waals surface area contributed by atoms with Gasteiger partial charge in [0.25, 0.3) is 0 Å². The van der Waals surface area contributed by atoms with E-state index >= 15 is 0 Å². The smallest absolute Gasteiger partial charge is 0.226 e. The first-order valence-corrected chi connectivity index (χ1v) is 4.34. The summed E-state index contributed by atoms with van der Waals surface area (Å²) in [6.07, 6.45) is 0. The molecule has 0 spiro atoms. The van der Waals surface area contributed by atoms with Gasteiger partial charge in [0, 0.05) is 5.54 Å². The van der Waals surface area contributed by atoms with Gasteiger partial charge in [-0.25, -0.2) is 4.98 Å². The summed E-state index contributed by atoms with van der Waals surface area (Å²) in [4.78, 5) is 12.5. The molecular weight excluding hydrogens is 164 g/mol. The molecule has 4 heteroatoms. The fourth-order valence-corrected chi connectivity index (χ4v) is 1.01. The SMILES string of the molecule is Cc1nc(C)nc(NC(C)(C)C)n1. The summed E-state index contributed by atoms with van der Waals surface area (Å²) in [5.41, 5.74) is -0.0137. The van der Waals surface area contributed by atoms with E-state index in [-0.39, 0.29) is 5.54 Å². The van der Waals surface area contributed by atoms with Crippen molar-refractivity contribution in [2.45, 2.75) is 40.2 Å². The van der Waals surface area contributed by atoms with E-state index in [1.807, 2.05) is 13.8 Å². The Morgan fingerprint density at radius 1 is 0.923 bits per heavy atom. The molecule has 4 nitrogen and oxygen atoms in total. The molecule has 0 unspecified atom stereocenters. The quantitative estimate of drug-likeness (QED) is 0.714. The Balaban J connectivity index is 2.90. The molecule has 72 valence electrons. The first kappa shape index (κ1) is 9.89. The summed E-state index contributed by atoms with van der Waals surface area (Å²) < 4.78 is 0. The number of anilines is 1. The maximum atomic E-state index is 4.19. The van der Waals surface area contributed by atoms with Crippen LogP contribution in [-0.4, -0.2) is 20.5 Å². The molecule has 0 saturated heterocycles. The van der Waals surface area contributed by atoms with E-state index in [0.29, 0.717) is 5.95 Å². The Labute approximate surface area is 78.8 Å². The highest BCUT2D eigenvalue weighted by Gasteiger charge is 2.11. The molecule has 0 fully saturated rings. The van der Waals surface area contributed by atoms with E-state index in [2.05, 4.69) is 41.0 Å². The third kappa shape index (κ3) is 3.36. The zero-order valence-electron chi connectivity index (χ0n) is 8.84. The number of nitrogens with one attached hydrogen (secondary N) is 1. The average Bonchev–Trinajstić information content (AvgIpc) is 1.78. The maximum absolute atomic E-state index is 4.19. The summed E-state index contributed by atoms with van der Waals surface area (Å²) in [5.74, 6) is 2.15. The van der Waals surface area contributed by atoms with Gasteiger partial charge in [0.1, 0.15) is 11.6 Å². The predicted octanol–water partition coefficient (Wildman–Crippen LogP) is 1.70. The Morgan fingerprint density at radius 2 is 1.38 bits per heavy atom. The Hall–Kier alpha value is -1.19. The van der Waals surface area contributed by atoms with Gasteiger partial charge in [-0.1, -0.05) is 0 Å². The zero-order valence-corrected chi connectivity index (χ0v) is 8.84. The largest absolute Gasteiger partial charge is 0.350 e. The predicted molar refractivity (Wildman–Crippen MR) is 52.7 cm³/mol. The minimum absolute atomic E-state index is 0.0137. The van der Waals surface area contributed by atoms with Crippen LogP contribution >= 0.6 is 0 Å². The molecule has 0 radical (unpaired) electrons. The van der Waals surface area contributed by atoms with Gasteiger partial charge in [-0.05, 0) is 34.6 Å². The third-order valence-corrected chi connectivity index (χ3v) is 1.35. The first-order valence-electron chi connectivity index (χ1n) is 4.34. The van der Waals surface area contributed by atoms with Gasteiger partial charge in [0.15, 0.2) is 0 Å². The van der Waals surface area contributed by atoms with Crippen LogP contribution in [0.4, 0.5) is 5.95 Å². The second kappa shape index (κ2) is 3.28. The van der Waals surface area contributed by atoms with Crippen LogP contribution in [0.15, 0.2) is 0 Å². The lowest BCUT2D eigenvalue weighted by molar-refractivity contribution is 0.623. The van der Waals surface area contributed by atoms with E-state index in [0.717, 1.165) is 11.6 Å². The van der Waals surface area contributed by atoms with Crippen molar-refractivity contribution >= 4 is 5.95 Å². The molecule has 13 heavy (non-hydrogen) atoms. The lowest BCUT2D eigenvalue weighted by Gasteiger charge is -2.20. The summed E-state index contributed by atoms with van der Waals surface area (Å²) in [6, 6.07) is 0. The summed E-state index contributed by atoms with van der Waals surface area (Å²) in [7, 11) is 0. The van der Waals surface area contributed by atoms with Crippen molar-refractivity contribution in [1.82, 2.24) is 15.0 Å². The van der Waals surface area contributed by atoms with Crippen LogP contribution in [0, 0.1) is 13.8 Å². The fraction of sp³-hybridized carbons (Fsp3) is 0.667. The normalized spacial score (nSPS) is 11.5. The van der Waals surface area contributed by atoms with Gasteiger partial charge in [0.05, 0.1) is 0 Å². The van der Waals surface area contributed by atoms with Crippen LogP contribution in [0.1, 0.15) is 32.4 Å². The van der Waals surface area contributed by atoms with Gasteiger partial charge < -0.3 is 5.32 Å². The van der Waals surface area contributed by atoms with Crippen molar-refractivity contribution in [3.05, 3.63) is 11.6 Å². The Kier molecular flexibility index (Phi) is 2.50. The van der Waals surface area contributed by atoms with Crippen molar-refractivity contribution in [1.29, 1.82) is 0 Å². The number of aryl methyl sites for hydroxylation is 2. The van der Waals surface area contributed by atoms with Crippen LogP contribution in [0.2, 0.25) is 0 Å². The van der Waals surface area contributed by atoms with Gasteiger partial charge in [-0.2, -0.15) is 9.97 Å². The van der Waals surface area contributed by atoms with E-state index < -0.39 is 0 Å². The molecule has 0 saturated carbocycles. The van der Waals surface area contributed by atoms with Crippen LogP contribution in [0.5, 0.6) is 0 Å². The van der Waals surface area contributed by atoms with Gasteiger partial charge >= 0.3 is 0 Å². The summed E-state index contributed by atoms with van der Waals surface area (Å²) in [6.45, 7) is 9.94. The summed E-state index contributed by atoms with van der Waals surface area (Å²) in [5, 5.41) is 3.20. The standard InChI is InChI=1S/C9H16N4/c1-6-10-7(2)12-8(11-6)13-9(3,4)5/h1-5H3,(H,10,11,12,13). The molecule has 1 rings (SSSR count). The molecule has 1 heterocycles. The minimum Gasteiger partial charge on any atom is -0.350 e. The van der Waals surface area contributed by atoms with Crippen LogP contribution in [-0.2, 0) is 0 Å². The molecule has 1 aromatic rings. The van der Waals surface area contributed by atoms with Gasteiger partial charge in [0.2, 0.25) is 5.95 Å². The molecule has 0 aromatic carbocycles. The first-order chi connectivity index (χ1) is 5.87. The highest BCUT2D eigenvalue weighted by molar-refractivity contribution is 5.27. The second-order valence-electron chi connectivity index (χ2n) is 4.13. The Bertz CT molecular complexity index is 281. The van der Waals surface area contributed by atoms with Crippen molar-refractivity contribution < 1.29 is 0 Å². The maximum Gasteiger partial charge on any atom is 0.226 e. The highest BCUT2D eigenvalue weighted by atomic mass is 15.2. The monoisotopic (exact) mass is 180 g/mol. The minimum atomic E-state index is -0.0137. The number of aromatic nitrogens is 3. The lowest BCUT2D eigenvalue weighted by Crippen LogP contribution is -2.27. The number of nitrogens with zero attached hydrogens (tertiary/aromatic N) is 3.